The van der Waals surface area contributed by atoms with Crippen molar-refractivity contribution in [2.24, 2.45) is 0 Å². The smallest absolute Gasteiger partial charge is 0.121 e. The molecule has 0 saturated heterocycles. The quantitative estimate of drug-likeness (QED) is 0.854. The van der Waals surface area contributed by atoms with Gasteiger partial charge in [-0.05, 0) is 23.8 Å². The summed E-state index contributed by atoms with van der Waals surface area (Å²) in [5, 5.41) is 21.4. The molecular weight excluding hydrogens is 235 g/mol. The number of aliphatic hydroxyl groups is 1. The molecule has 0 saturated carbocycles. The van der Waals surface area contributed by atoms with Gasteiger partial charge in [0.1, 0.15) is 6.04 Å². The number of nitrogens with zero attached hydrogens (tertiary/aromatic N) is 1. The van der Waals surface area contributed by atoms with Crippen molar-refractivity contribution in [3.05, 3.63) is 33.8 Å². The van der Waals surface area contributed by atoms with E-state index in [1.165, 1.54) is 0 Å². The standard InChI is InChI=1S/C10H10Cl2N2O/c11-8-3-7(4-9(12)5-8)10(6-13)14-1-2-15/h3-5,10,14-15H,1-2H2. The third kappa shape index (κ3) is 3.69. The normalized spacial score (nSPS) is 12.1. The molecule has 0 amide bonds. The zero-order valence-electron chi connectivity index (χ0n) is 7.87. The fraction of sp³-hybridized carbons (Fsp3) is 0.300. The van der Waals surface area contributed by atoms with E-state index in [0.29, 0.717) is 22.2 Å². The molecule has 0 aliphatic rings. The number of hydrogen-bond acceptors (Lipinski definition) is 3. The molecule has 3 nitrogen and oxygen atoms in total. The minimum atomic E-state index is -0.506. The van der Waals surface area contributed by atoms with Gasteiger partial charge < -0.3 is 5.11 Å². The van der Waals surface area contributed by atoms with Crippen LogP contribution >= 0.6 is 23.2 Å². The lowest BCUT2D eigenvalue weighted by Gasteiger charge is -2.11. The Bertz CT molecular complexity index is 356. The lowest BCUT2D eigenvalue weighted by Crippen LogP contribution is -2.23. The van der Waals surface area contributed by atoms with E-state index in [-0.39, 0.29) is 6.61 Å². The summed E-state index contributed by atoms with van der Waals surface area (Å²) in [7, 11) is 0. The van der Waals surface area contributed by atoms with E-state index in [9.17, 15) is 0 Å². The van der Waals surface area contributed by atoms with Crippen LogP contribution in [0.25, 0.3) is 0 Å². The van der Waals surface area contributed by atoms with Crippen LogP contribution in [0.15, 0.2) is 18.2 Å². The Balaban J connectivity index is 2.87. The first-order valence-corrected chi connectivity index (χ1v) is 5.13. The Morgan fingerprint density at radius 2 is 1.93 bits per heavy atom. The molecule has 0 fully saturated rings. The van der Waals surface area contributed by atoms with Gasteiger partial charge in [-0.2, -0.15) is 5.26 Å². The first-order chi connectivity index (χ1) is 7.17. The van der Waals surface area contributed by atoms with Crippen LogP contribution in [0, 0.1) is 11.3 Å². The Kier molecular flexibility index (Phi) is 4.86. The van der Waals surface area contributed by atoms with E-state index in [2.05, 4.69) is 11.4 Å². The minimum Gasteiger partial charge on any atom is -0.395 e. The maximum absolute atomic E-state index is 8.91. The molecule has 0 aliphatic carbocycles. The average molecular weight is 245 g/mol. The number of nitrogens with one attached hydrogen (secondary N) is 1. The van der Waals surface area contributed by atoms with Gasteiger partial charge in [0.05, 0.1) is 12.7 Å². The van der Waals surface area contributed by atoms with Gasteiger partial charge in [0.15, 0.2) is 0 Å². The Morgan fingerprint density at radius 1 is 1.33 bits per heavy atom. The number of halogens is 2. The highest BCUT2D eigenvalue weighted by molar-refractivity contribution is 6.34. The first kappa shape index (κ1) is 12.3. The zero-order chi connectivity index (χ0) is 11.3. The summed E-state index contributed by atoms with van der Waals surface area (Å²) in [6.07, 6.45) is 0. The molecule has 0 heterocycles. The molecule has 5 heteroatoms. The third-order valence-electron chi connectivity index (χ3n) is 1.81. The molecule has 0 radical (unpaired) electrons. The SMILES string of the molecule is N#CC(NCCO)c1cc(Cl)cc(Cl)c1. The molecule has 1 aromatic rings. The van der Waals surface area contributed by atoms with Crippen LogP contribution in [-0.2, 0) is 0 Å². The van der Waals surface area contributed by atoms with Crippen molar-refractivity contribution in [3.63, 3.8) is 0 Å². The highest BCUT2D eigenvalue weighted by atomic mass is 35.5. The van der Waals surface area contributed by atoms with Crippen LogP contribution in [0.3, 0.4) is 0 Å². The van der Waals surface area contributed by atoms with Crippen LogP contribution in [0.5, 0.6) is 0 Å². The van der Waals surface area contributed by atoms with Gasteiger partial charge in [0, 0.05) is 16.6 Å². The van der Waals surface area contributed by atoms with Gasteiger partial charge in [-0.15, -0.1) is 0 Å². The molecule has 1 aromatic carbocycles. The van der Waals surface area contributed by atoms with Gasteiger partial charge in [-0.1, -0.05) is 23.2 Å². The Labute approximate surface area is 98.2 Å². The second-order valence-electron chi connectivity index (χ2n) is 2.94. The Morgan fingerprint density at radius 3 is 2.40 bits per heavy atom. The maximum Gasteiger partial charge on any atom is 0.121 e. The fourth-order valence-electron chi connectivity index (χ4n) is 1.19. The van der Waals surface area contributed by atoms with E-state index in [4.69, 9.17) is 33.6 Å². The second-order valence-corrected chi connectivity index (χ2v) is 3.82. The molecule has 0 spiro atoms. The topological polar surface area (TPSA) is 56.0 Å². The van der Waals surface area contributed by atoms with Crippen molar-refractivity contribution in [3.8, 4) is 6.07 Å². The molecule has 0 aliphatic heterocycles. The van der Waals surface area contributed by atoms with Gasteiger partial charge in [0.25, 0.3) is 0 Å². The van der Waals surface area contributed by atoms with Crippen molar-refractivity contribution in [1.29, 1.82) is 5.26 Å². The maximum atomic E-state index is 8.91. The predicted molar refractivity (Wildman–Crippen MR) is 59.9 cm³/mol. The summed E-state index contributed by atoms with van der Waals surface area (Å²) in [6.45, 7) is 0.328. The summed E-state index contributed by atoms with van der Waals surface area (Å²) < 4.78 is 0. The molecule has 2 N–H and O–H groups in total. The van der Waals surface area contributed by atoms with E-state index >= 15 is 0 Å². The largest absolute Gasteiger partial charge is 0.395 e. The van der Waals surface area contributed by atoms with Crippen LogP contribution in [0.4, 0.5) is 0 Å². The molecule has 80 valence electrons. The molecule has 15 heavy (non-hydrogen) atoms. The number of nitriles is 1. The highest BCUT2D eigenvalue weighted by Gasteiger charge is 2.10. The van der Waals surface area contributed by atoms with Crippen molar-refractivity contribution in [2.75, 3.05) is 13.2 Å². The molecular formula is C10H10Cl2N2O. The summed E-state index contributed by atoms with van der Waals surface area (Å²) in [5.41, 5.74) is 0.698. The van der Waals surface area contributed by atoms with Crippen molar-refractivity contribution < 1.29 is 5.11 Å². The van der Waals surface area contributed by atoms with Gasteiger partial charge in [-0.25, -0.2) is 0 Å². The first-order valence-electron chi connectivity index (χ1n) is 4.37. The molecule has 0 bridgehead atoms. The summed E-state index contributed by atoms with van der Waals surface area (Å²) in [6, 6.07) is 6.51. The van der Waals surface area contributed by atoms with Gasteiger partial charge in [-0.3, -0.25) is 5.32 Å². The van der Waals surface area contributed by atoms with Crippen LogP contribution < -0.4 is 5.32 Å². The van der Waals surface area contributed by atoms with Crippen molar-refractivity contribution in [1.82, 2.24) is 5.32 Å². The van der Waals surface area contributed by atoms with Gasteiger partial charge >= 0.3 is 0 Å². The lowest BCUT2D eigenvalue weighted by molar-refractivity contribution is 0.289. The lowest BCUT2D eigenvalue weighted by atomic mass is 10.1. The van der Waals surface area contributed by atoms with Crippen LogP contribution in [-0.4, -0.2) is 18.3 Å². The van der Waals surface area contributed by atoms with Crippen LogP contribution in [0.2, 0.25) is 10.0 Å². The molecule has 1 atom stereocenters. The van der Waals surface area contributed by atoms with Crippen molar-refractivity contribution in [2.45, 2.75) is 6.04 Å². The van der Waals surface area contributed by atoms with Crippen LogP contribution in [0.1, 0.15) is 11.6 Å². The minimum absolute atomic E-state index is 0.0214. The summed E-state index contributed by atoms with van der Waals surface area (Å²) in [5.74, 6) is 0. The number of hydrogen-bond donors (Lipinski definition) is 2. The predicted octanol–water partition coefficient (Wildman–Crippen LogP) is 2.14. The third-order valence-corrected chi connectivity index (χ3v) is 2.24. The molecule has 1 unspecified atom stereocenters. The molecule has 1 rings (SSSR count). The number of rotatable bonds is 4. The Hall–Kier alpha value is -0.790. The van der Waals surface area contributed by atoms with E-state index < -0.39 is 6.04 Å². The summed E-state index contributed by atoms with van der Waals surface area (Å²) >= 11 is 11.6. The fourth-order valence-corrected chi connectivity index (χ4v) is 1.73. The summed E-state index contributed by atoms with van der Waals surface area (Å²) in [4.78, 5) is 0. The molecule has 0 aromatic heterocycles. The monoisotopic (exact) mass is 244 g/mol. The highest BCUT2D eigenvalue weighted by Crippen LogP contribution is 2.23. The number of aliphatic hydroxyl groups excluding tert-OH is 1. The van der Waals surface area contributed by atoms with E-state index in [0.717, 1.165) is 0 Å². The number of benzene rings is 1. The van der Waals surface area contributed by atoms with Crippen molar-refractivity contribution >= 4 is 23.2 Å². The average Bonchev–Trinajstić information content (AvgIpc) is 2.17. The van der Waals surface area contributed by atoms with E-state index in [1.54, 1.807) is 18.2 Å². The second kappa shape index (κ2) is 5.94. The zero-order valence-corrected chi connectivity index (χ0v) is 9.39. The van der Waals surface area contributed by atoms with Gasteiger partial charge in [0.2, 0.25) is 0 Å². The van der Waals surface area contributed by atoms with E-state index in [1.807, 2.05) is 0 Å².